The van der Waals surface area contributed by atoms with Crippen LogP contribution in [0.15, 0.2) is 0 Å². The molecular weight excluding hydrogens is 222 g/mol. The standard InChI is InChI=1S/C12H23NOS.H2O/c1-3-15-9-11-7-12(10-14-2)5-4-6-13(12)8-11;/h11H,3-10H2,1-2H3;1H2/t11-,12+;/m1./s1. The van der Waals surface area contributed by atoms with Gasteiger partial charge in [0.2, 0.25) is 0 Å². The maximum absolute atomic E-state index is 5.43. The van der Waals surface area contributed by atoms with Crippen LogP contribution in [0, 0.1) is 5.92 Å². The van der Waals surface area contributed by atoms with Crippen LogP contribution in [0.4, 0.5) is 0 Å². The van der Waals surface area contributed by atoms with Crippen molar-refractivity contribution < 1.29 is 10.2 Å². The van der Waals surface area contributed by atoms with Gasteiger partial charge in [0.1, 0.15) is 0 Å². The third-order valence-corrected chi connectivity index (χ3v) is 4.97. The fraction of sp³-hybridized carbons (Fsp3) is 1.00. The van der Waals surface area contributed by atoms with Gasteiger partial charge in [-0.15, -0.1) is 0 Å². The van der Waals surface area contributed by atoms with E-state index in [-0.39, 0.29) is 5.48 Å². The van der Waals surface area contributed by atoms with E-state index in [0.29, 0.717) is 5.54 Å². The second-order valence-electron chi connectivity index (χ2n) is 4.94. The SMILES string of the molecule is CCSC[C@H]1CN2CCC[C@@]2(COC)C1.O. The highest BCUT2D eigenvalue weighted by Crippen LogP contribution is 2.42. The molecule has 2 atom stereocenters. The van der Waals surface area contributed by atoms with E-state index in [2.05, 4.69) is 23.6 Å². The highest BCUT2D eigenvalue weighted by atomic mass is 32.2. The molecule has 2 aliphatic rings. The fourth-order valence-corrected chi connectivity index (χ4v) is 4.10. The summed E-state index contributed by atoms with van der Waals surface area (Å²) in [7, 11) is 1.85. The van der Waals surface area contributed by atoms with E-state index in [1.807, 2.05) is 7.11 Å². The van der Waals surface area contributed by atoms with Crippen LogP contribution in [0.25, 0.3) is 0 Å². The minimum Gasteiger partial charge on any atom is -0.412 e. The van der Waals surface area contributed by atoms with Crippen molar-refractivity contribution in [3.63, 3.8) is 0 Å². The first kappa shape index (κ1) is 14.3. The molecule has 0 saturated carbocycles. The van der Waals surface area contributed by atoms with Crippen molar-refractivity contribution in [1.29, 1.82) is 0 Å². The molecule has 0 bridgehead atoms. The van der Waals surface area contributed by atoms with Gasteiger partial charge in [-0.1, -0.05) is 6.92 Å². The van der Waals surface area contributed by atoms with Crippen LogP contribution in [0.1, 0.15) is 26.2 Å². The van der Waals surface area contributed by atoms with E-state index in [1.165, 1.54) is 43.9 Å². The Labute approximate surface area is 103 Å². The lowest BCUT2D eigenvalue weighted by molar-refractivity contribution is 0.0654. The molecule has 0 aromatic heterocycles. The molecule has 2 fully saturated rings. The first-order valence-electron chi connectivity index (χ1n) is 6.12. The molecule has 2 aliphatic heterocycles. The third-order valence-electron chi connectivity index (χ3n) is 3.86. The van der Waals surface area contributed by atoms with Crippen molar-refractivity contribution in [3.05, 3.63) is 0 Å². The van der Waals surface area contributed by atoms with Gasteiger partial charge in [-0.2, -0.15) is 11.8 Å². The molecule has 2 heterocycles. The number of fused-ring (bicyclic) bond motifs is 1. The van der Waals surface area contributed by atoms with Crippen molar-refractivity contribution in [3.8, 4) is 0 Å². The maximum atomic E-state index is 5.43. The molecule has 3 nitrogen and oxygen atoms in total. The molecule has 0 unspecified atom stereocenters. The van der Waals surface area contributed by atoms with Gasteiger partial charge in [0.15, 0.2) is 0 Å². The number of nitrogens with zero attached hydrogens (tertiary/aromatic N) is 1. The van der Waals surface area contributed by atoms with Crippen LogP contribution < -0.4 is 0 Å². The summed E-state index contributed by atoms with van der Waals surface area (Å²) in [6, 6.07) is 0. The Hall–Kier alpha value is 0.230. The summed E-state index contributed by atoms with van der Waals surface area (Å²) in [5.74, 6) is 3.51. The Morgan fingerprint density at radius 3 is 3.00 bits per heavy atom. The Morgan fingerprint density at radius 2 is 2.31 bits per heavy atom. The number of ether oxygens (including phenoxy) is 1. The summed E-state index contributed by atoms with van der Waals surface area (Å²) in [4.78, 5) is 2.69. The first-order chi connectivity index (χ1) is 7.30. The zero-order valence-corrected chi connectivity index (χ0v) is 11.3. The Kier molecular flexibility index (Phi) is 5.57. The Bertz CT molecular complexity index is 215. The predicted octanol–water partition coefficient (Wildman–Crippen LogP) is 1.42. The van der Waals surface area contributed by atoms with Crippen molar-refractivity contribution in [2.45, 2.75) is 31.7 Å². The fourth-order valence-electron chi connectivity index (χ4n) is 3.31. The van der Waals surface area contributed by atoms with Gasteiger partial charge in [-0.05, 0) is 43.2 Å². The van der Waals surface area contributed by atoms with E-state index >= 15 is 0 Å². The third kappa shape index (κ3) is 2.73. The van der Waals surface area contributed by atoms with Crippen LogP contribution in [-0.2, 0) is 4.74 Å². The summed E-state index contributed by atoms with van der Waals surface area (Å²) in [5.41, 5.74) is 0.424. The van der Waals surface area contributed by atoms with Crippen LogP contribution in [0.3, 0.4) is 0 Å². The van der Waals surface area contributed by atoms with Crippen molar-refractivity contribution in [2.24, 2.45) is 5.92 Å². The lowest BCUT2D eigenvalue weighted by Gasteiger charge is -2.30. The van der Waals surface area contributed by atoms with Gasteiger partial charge in [0.25, 0.3) is 0 Å². The van der Waals surface area contributed by atoms with E-state index in [9.17, 15) is 0 Å². The largest absolute Gasteiger partial charge is 0.412 e. The molecule has 4 heteroatoms. The molecule has 2 rings (SSSR count). The highest BCUT2D eigenvalue weighted by Gasteiger charge is 2.47. The minimum atomic E-state index is 0. The second kappa shape index (κ2) is 6.24. The minimum absolute atomic E-state index is 0. The smallest absolute Gasteiger partial charge is 0.0646 e. The summed E-state index contributed by atoms with van der Waals surface area (Å²) >= 11 is 2.09. The van der Waals surface area contributed by atoms with E-state index < -0.39 is 0 Å². The molecule has 0 aliphatic carbocycles. The molecule has 2 N–H and O–H groups in total. The summed E-state index contributed by atoms with van der Waals surface area (Å²) in [5, 5.41) is 0. The van der Waals surface area contributed by atoms with Gasteiger partial charge in [-0.3, -0.25) is 4.90 Å². The number of rotatable bonds is 5. The molecule has 96 valence electrons. The Morgan fingerprint density at radius 1 is 1.50 bits per heavy atom. The molecule has 0 amide bonds. The molecule has 0 aromatic rings. The number of hydrogen-bond acceptors (Lipinski definition) is 3. The van der Waals surface area contributed by atoms with E-state index in [4.69, 9.17) is 4.74 Å². The topological polar surface area (TPSA) is 44.0 Å². The lowest BCUT2D eigenvalue weighted by atomic mass is 9.91. The zero-order chi connectivity index (χ0) is 10.7. The normalized spacial score (nSPS) is 33.8. The highest BCUT2D eigenvalue weighted by molar-refractivity contribution is 7.99. The van der Waals surface area contributed by atoms with Crippen molar-refractivity contribution in [1.82, 2.24) is 4.90 Å². The molecular formula is C12H25NO2S. The van der Waals surface area contributed by atoms with Gasteiger partial charge >= 0.3 is 0 Å². The first-order valence-corrected chi connectivity index (χ1v) is 7.28. The summed E-state index contributed by atoms with van der Waals surface area (Å²) in [6.07, 6.45) is 4.10. The van der Waals surface area contributed by atoms with Crippen LogP contribution in [-0.4, -0.2) is 54.2 Å². The lowest BCUT2D eigenvalue weighted by Crippen LogP contribution is -2.42. The van der Waals surface area contributed by atoms with Crippen LogP contribution in [0.2, 0.25) is 0 Å². The number of methoxy groups -OCH3 is 1. The molecule has 0 aromatic carbocycles. The predicted molar refractivity (Wildman–Crippen MR) is 70.1 cm³/mol. The Balaban J connectivity index is 0.00000128. The van der Waals surface area contributed by atoms with Gasteiger partial charge < -0.3 is 10.2 Å². The quantitative estimate of drug-likeness (QED) is 0.738. The van der Waals surface area contributed by atoms with E-state index in [1.54, 1.807) is 0 Å². The maximum Gasteiger partial charge on any atom is 0.0646 e. The number of hydrogen-bond donors (Lipinski definition) is 0. The second-order valence-corrected chi connectivity index (χ2v) is 6.26. The van der Waals surface area contributed by atoms with Crippen molar-refractivity contribution >= 4 is 11.8 Å². The van der Waals surface area contributed by atoms with Crippen LogP contribution >= 0.6 is 11.8 Å². The summed E-state index contributed by atoms with van der Waals surface area (Å²) in [6.45, 7) is 5.82. The van der Waals surface area contributed by atoms with E-state index in [0.717, 1.165) is 12.5 Å². The van der Waals surface area contributed by atoms with Gasteiger partial charge in [0, 0.05) is 19.2 Å². The monoisotopic (exact) mass is 247 g/mol. The average Bonchev–Trinajstić information content (AvgIpc) is 2.71. The number of thioether (sulfide) groups is 1. The zero-order valence-electron chi connectivity index (χ0n) is 10.5. The molecule has 0 spiro atoms. The van der Waals surface area contributed by atoms with Crippen LogP contribution in [0.5, 0.6) is 0 Å². The summed E-state index contributed by atoms with van der Waals surface area (Å²) < 4.78 is 5.43. The van der Waals surface area contributed by atoms with Gasteiger partial charge in [0.05, 0.1) is 6.61 Å². The average molecular weight is 247 g/mol. The molecule has 0 radical (unpaired) electrons. The molecule has 2 saturated heterocycles. The molecule has 16 heavy (non-hydrogen) atoms. The van der Waals surface area contributed by atoms with Gasteiger partial charge in [-0.25, -0.2) is 0 Å². The van der Waals surface area contributed by atoms with Crippen molar-refractivity contribution in [2.75, 3.05) is 38.3 Å².